The van der Waals surface area contributed by atoms with E-state index < -0.39 is 15.4 Å². The molecule has 0 radical (unpaired) electrons. The molecule has 134 valence electrons. The summed E-state index contributed by atoms with van der Waals surface area (Å²) in [4.78, 5) is 16.2. The molecule has 8 nitrogen and oxygen atoms in total. The standard InChI is InChI=1S/C17H17N5O3S/c1-17(2,23)12-8-21-16(22-9-12)11-3-6-15(20-7-11)26(24,25)13-4-5-14(18)19-10-13/h3-10,23H,1-2H3,(H2,18,19). The maximum atomic E-state index is 12.5. The second-order valence-corrected chi connectivity index (χ2v) is 8.06. The summed E-state index contributed by atoms with van der Waals surface area (Å²) in [6, 6.07) is 5.75. The molecule has 0 aromatic carbocycles. The van der Waals surface area contributed by atoms with Crippen molar-refractivity contribution in [3.05, 3.63) is 54.6 Å². The van der Waals surface area contributed by atoms with E-state index in [1.165, 1.54) is 43.0 Å². The molecule has 3 heterocycles. The number of nitrogen functional groups attached to an aromatic ring is 1. The Morgan fingerprint density at radius 3 is 2.12 bits per heavy atom. The second-order valence-electron chi connectivity index (χ2n) is 6.16. The normalized spacial score (nSPS) is 12.1. The van der Waals surface area contributed by atoms with E-state index in [0.29, 0.717) is 17.0 Å². The van der Waals surface area contributed by atoms with E-state index in [1.54, 1.807) is 19.9 Å². The molecule has 0 spiro atoms. The molecule has 26 heavy (non-hydrogen) atoms. The summed E-state index contributed by atoms with van der Waals surface area (Å²) in [5.74, 6) is 0.613. The molecule has 0 saturated heterocycles. The summed E-state index contributed by atoms with van der Waals surface area (Å²) >= 11 is 0. The molecule has 3 N–H and O–H groups in total. The highest BCUT2D eigenvalue weighted by Gasteiger charge is 2.20. The first-order valence-corrected chi connectivity index (χ1v) is 9.14. The van der Waals surface area contributed by atoms with E-state index in [0.717, 1.165) is 0 Å². The molecule has 3 aromatic rings. The van der Waals surface area contributed by atoms with Crippen LogP contribution < -0.4 is 5.73 Å². The SMILES string of the molecule is CC(C)(O)c1cnc(-c2ccc(S(=O)(=O)c3ccc(N)nc3)nc2)nc1. The van der Waals surface area contributed by atoms with E-state index in [9.17, 15) is 13.5 Å². The molecular formula is C17H17N5O3S. The van der Waals surface area contributed by atoms with E-state index in [1.807, 2.05) is 0 Å². The number of hydrogen-bond acceptors (Lipinski definition) is 8. The van der Waals surface area contributed by atoms with Crippen molar-refractivity contribution in [2.45, 2.75) is 29.4 Å². The zero-order valence-electron chi connectivity index (χ0n) is 14.2. The molecule has 0 aliphatic rings. The van der Waals surface area contributed by atoms with Crippen molar-refractivity contribution in [1.29, 1.82) is 0 Å². The smallest absolute Gasteiger partial charge is 0.225 e. The fourth-order valence-corrected chi connectivity index (χ4v) is 3.25. The molecule has 0 aliphatic carbocycles. The fraction of sp³-hybridized carbons (Fsp3) is 0.176. The molecule has 0 amide bonds. The average Bonchev–Trinajstić information content (AvgIpc) is 2.62. The van der Waals surface area contributed by atoms with Crippen LogP contribution in [0.2, 0.25) is 0 Å². The third kappa shape index (κ3) is 3.53. The van der Waals surface area contributed by atoms with Crippen molar-refractivity contribution in [2.75, 3.05) is 5.73 Å². The number of nitrogens with two attached hydrogens (primary N) is 1. The van der Waals surface area contributed by atoms with Gasteiger partial charge in [0.2, 0.25) is 9.84 Å². The van der Waals surface area contributed by atoms with Crippen LogP contribution in [0.1, 0.15) is 19.4 Å². The first-order valence-electron chi connectivity index (χ1n) is 7.66. The summed E-state index contributed by atoms with van der Waals surface area (Å²) in [7, 11) is -3.78. The highest BCUT2D eigenvalue weighted by atomic mass is 32.2. The number of aromatic nitrogens is 4. The number of aliphatic hydroxyl groups is 1. The van der Waals surface area contributed by atoms with E-state index in [4.69, 9.17) is 5.73 Å². The molecule has 0 unspecified atom stereocenters. The van der Waals surface area contributed by atoms with Gasteiger partial charge >= 0.3 is 0 Å². The Hall–Kier alpha value is -2.91. The Morgan fingerprint density at radius 1 is 0.923 bits per heavy atom. The van der Waals surface area contributed by atoms with Gasteiger partial charge in [0.25, 0.3) is 0 Å². The lowest BCUT2D eigenvalue weighted by Crippen LogP contribution is -2.16. The van der Waals surface area contributed by atoms with Crippen LogP contribution in [0.3, 0.4) is 0 Å². The average molecular weight is 371 g/mol. The van der Waals surface area contributed by atoms with Gasteiger partial charge in [-0.15, -0.1) is 0 Å². The molecule has 0 fully saturated rings. The lowest BCUT2D eigenvalue weighted by Gasteiger charge is -2.16. The third-order valence-electron chi connectivity index (χ3n) is 3.70. The Morgan fingerprint density at radius 2 is 1.62 bits per heavy atom. The van der Waals surface area contributed by atoms with Crippen molar-refractivity contribution in [3.8, 4) is 11.4 Å². The van der Waals surface area contributed by atoms with Gasteiger partial charge < -0.3 is 10.8 Å². The van der Waals surface area contributed by atoms with Crippen LogP contribution in [0, 0.1) is 0 Å². The highest BCUT2D eigenvalue weighted by Crippen LogP contribution is 2.23. The Kier molecular flexibility index (Phi) is 4.43. The molecule has 3 aromatic heterocycles. The molecule has 0 saturated carbocycles. The molecular weight excluding hydrogens is 354 g/mol. The zero-order valence-corrected chi connectivity index (χ0v) is 15.0. The van der Waals surface area contributed by atoms with Crippen LogP contribution in [-0.2, 0) is 15.4 Å². The second kappa shape index (κ2) is 6.43. The van der Waals surface area contributed by atoms with Crippen molar-refractivity contribution in [3.63, 3.8) is 0 Å². The van der Waals surface area contributed by atoms with Gasteiger partial charge in [0.15, 0.2) is 10.9 Å². The summed E-state index contributed by atoms with van der Waals surface area (Å²) < 4.78 is 25.1. The van der Waals surface area contributed by atoms with Gasteiger partial charge in [-0.05, 0) is 38.1 Å². The van der Waals surface area contributed by atoms with Crippen molar-refractivity contribution in [1.82, 2.24) is 19.9 Å². The number of anilines is 1. The first kappa shape index (κ1) is 17.9. The van der Waals surface area contributed by atoms with E-state index in [-0.39, 0.29) is 15.7 Å². The van der Waals surface area contributed by atoms with Gasteiger partial charge in [-0.2, -0.15) is 0 Å². The van der Waals surface area contributed by atoms with E-state index in [2.05, 4.69) is 19.9 Å². The Bertz CT molecular complexity index is 1010. The lowest BCUT2D eigenvalue weighted by molar-refractivity contribution is 0.0778. The summed E-state index contributed by atoms with van der Waals surface area (Å²) in [6.07, 6.45) is 5.62. The third-order valence-corrected chi connectivity index (χ3v) is 5.35. The first-order chi connectivity index (χ1) is 12.2. The number of sulfone groups is 1. The molecule has 0 atom stereocenters. The van der Waals surface area contributed by atoms with Crippen LogP contribution >= 0.6 is 0 Å². The number of nitrogens with zero attached hydrogens (tertiary/aromatic N) is 4. The summed E-state index contributed by atoms with van der Waals surface area (Å²) in [5, 5.41) is 9.82. The lowest BCUT2D eigenvalue weighted by atomic mass is 10.0. The van der Waals surface area contributed by atoms with Crippen LogP contribution in [0.5, 0.6) is 0 Å². The van der Waals surface area contributed by atoms with Crippen molar-refractivity contribution < 1.29 is 13.5 Å². The summed E-state index contributed by atoms with van der Waals surface area (Å²) in [5.41, 5.74) is 5.57. The predicted octanol–water partition coefficient (Wildman–Crippen LogP) is 1.58. The number of pyridine rings is 2. The molecule has 3 rings (SSSR count). The molecule has 0 bridgehead atoms. The van der Waals surface area contributed by atoms with Gasteiger partial charge in [-0.1, -0.05) is 0 Å². The minimum atomic E-state index is -3.78. The predicted molar refractivity (Wildman–Crippen MR) is 94.6 cm³/mol. The zero-order chi connectivity index (χ0) is 18.9. The van der Waals surface area contributed by atoms with E-state index >= 15 is 0 Å². The molecule has 9 heteroatoms. The maximum Gasteiger partial charge on any atom is 0.225 e. The van der Waals surface area contributed by atoms with Gasteiger partial charge in [0, 0.05) is 35.9 Å². The number of hydrogen-bond donors (Lipinski definition) is 2. The van der Waals surface area contributed by atoms with Gasteiger partial charge in [-0.3, -0.25) is 0 Å². The van der Waals surface area contributed by atoms with Gasteiger partial charge in [0.1, 0.15) is 5.82 Å². The Labute approximate surface area is 150 Å². The summed E-state index contributed by atoms with van der Waals surface area (Å²) in [6.45, 7) is 3.28. The van der Waals surface area contributed by atoms with Crippen molar-refractivity contribution in [2.24, 2.45) is 0 Å². The maximum absolute atomic E-state index is 12.5. The van der Waals surface area contributed by atoms with Crippen LogP contribution in [-0.4, -0.2) is 33.5 Å². The quantitative estimate of drug-likeness (QED) is 0.706. The Balaban J connectivity index is 1.90. The molecule has 0 aliphatic heterocycles. The largest absolute Gasteiger partial charge is 0.386 e. The number of rotatable bonds is 4. The van der Waals surface area contributed by atoms with Crippen molar-refractivity contribution >= 4 is 15.7 Å². The van der Waals surface area contributed by atoms with Crippen LogP contribution in [0.25, 0.3) is 11.4 Å². The van der Waals surface area contributed by atoms with Gasteiger partial charge in [-0.25, -0.2) is 28.4 Å². The minimum Gasteiger partial charge on any atom is -0.386 e. The van der Waals surface area contributed by atoms with Gasteiger partial charge in [0.05, 0.1) is 10.5 Å². The monoisotopic (exact) mass is 371 g/mol. The topological polar surface area (TPSA) is 132 Å². The highest BCUT2D eigenvalue weighted by molar-refractivity contribution is 7.91. The van der Waals surface area contributed by atoms with Crippen LogP contribution in [0.15, 0.2) is 59.0 Å². The fourth-order valence-electron chi connectivity index (χ4n) is 2.14. The van der Waals surface area contributed by atoms with Crippen LogP contribution in [0.4, 0.5) is 5.82 Å². The minimum absolute atomic E-state index is 0.0118.